The van der Waals surface area contributed by atoms with Gasteiger partial charge < -0.3 is 30.5 Å². The van der Waals surface area contributed by atoms with Crippen molar-refractivity contribution < 1.29 is 23.6 Å². The molecule has 4 N–H and O–H groups in total. The number of unbranched alkanes of at least 4 members (excludes halogenated alkanes) is 1. The smallest absolute Gasteiger partial charge is 0.315 e. The highest BCUT2D eigenvalue weighted by molar-refractivity contribution is 8.00. The average molecular weight is 634 g/mol. The minimum Gasteiger partial charge on any atom is -0.488 e. The lowest BCUT2D eigenvalue weighted by atomic mass is 10.0. The third-order valence-corrected chi connectivity index (χ3v) is 10.3. The number of carbonyl (C=O) groups is 3. The molecule has 3 aromatic rings. The lowest BCUT2D eigenvalue weighted by Crippen LogP contribution is -2.36. The molecule has 0 radical (unpaired) electrons. The first-order valence-corrected chi connectivity index (χ1v) is 16.7. The number of nitrogens with zero attached hydrogens (tertiary/aromatic N) is 1. The molecule has 2 aliphatic heterocycles. The maximum Gasteiger partial charge on any atom is 0.315 e. The highest BCUT2D eigenvalue weighted by Gasteiger charge is 2.42. The standard InChI is InChI=1S/C34H43N5O5S/c1-20-9-7-11-27(21(20)2)36-33(41)25-14-15-29(43-18-26-22(3)39-44-23(26)4)24(17-25)10-8-16-35-31(40)13-6-5-12-30-32-28(19-45-30)37-34(42)38-32/h7,9,11,14-15,17,28,30,32H,5-6,8,10,12-13,16,18-19H2,1-4H3,(H,35,40)(H,36,41)(H2,37,38,42)/t28-,30-,32-/m0/s1. The molecule has 10 nitrogen and oxygen atoms in total. The van der Waals surface area contributed by atoms with Gasteiger partial charge in [-0.3, -0.25) is 9.59 Å². The van der Waals surface area contributed by atoms with Gasteiger partial charge in [0.1, 0.15) is 18.1 Å². The van der Waals surface area contributed by atoms with Crippen LogP contribution in [0.3, 0.4) is 0 Å². The molecule has 240 valence electrons. The molecular formula is C34H43N5O5S. The van der Waals surface area contributed by atoms with Crippen molar-refractivity contribution in [2.75, 3.05) is 17.6 Å². The van der Waals surface area contributed by atoms with Crippen LogP contribution in [0.2, 0.25) is 0 Å². The zero-order valence-electron chi connectivity index (χ0n) is 26.5. The van der Waals surface area contributed by atoms with E-state index in [0.29, 0.717) is 49.0 Å². The molecule has 2 saturated heterocycles. The van der Waals surface area contributed by atoms with Gasteiger partial charge in [-0.2, -0.15) is 11.8 Å². The highest BCUT2D eigenvalue weighted by Crippen LogP contribution is 2.33. The number of aromatic nitrogens is 1. The van der Waals surface area contributed by atoms with E-state index in [2.05, 4.69) is 26.4 Å². The Morgan fingerprint density at radius 2 is 1.93 bits per heavy atom. The minimum atomic E-state index is -0.186. The van der Waals surface area contributed by atoms with Crippen LogP contribution in [0.1, 0.15) is 76.2 Å². The second kappa shape index (κ2) is 14.9. The molecular weight excluding hydrogens is 590 g/mol. The van der Waals surface area contributed by atoms with Crippen LogP contribution in [-0.2, 0) is 17.8 Å². The van der Waals surface area contributed by atoms with Crippen molar-refractivity contribution in [1.29, 1.82) is 0 Å². The van der Waals surface area contributed by atoms with Gasteiger partial charge >= 0.3 is 6.03 Å². The van der Waals surface area contributed by atoms with Gasteiger partial charge in [-0.1, -0.05) is 23.7 Å². The molecule has 3 atom stereocenters. The Labute approximate surface area is 268 Å². The first-order valence-electron chi connectivity index (χ1n) is 15.7. The number of hydrogen-bond acceptors (Lipinski definition) is 7. The van der Waals surface area contributed by atoms with Gasteiger partial charge in [0, 0.05) is 35.2 Å². The summed E-state index contributed by atoms with van der Waals surface area (Å²) in [5.74, 6) is 2.20. The Bertz CT molecular complexity index is 1520. The number of anilines is 1. The van der Waals surface area contributed by atoms with Gasteiger partial charge in [-0.25, -0.2) is 4.79 Å². The van der Waals surface area contributed by atoms with Crippen molar-refractivity contribution in [3.05, 3.63) is 75.7 Å². The Morgan fingerprint density at radius 3 is 2.73 bits per heavy atom. The Morgan fingerprint density at radius 1 is 1.09 bits per heavy atom. The molecule has 0 aliphatic carbocycles. The van der Waals surface area contributed by atoms with E-state index in [1.807, 2.05) is 69.8 Å². The minimum absolute atomic E-state index is 0.0410. The number of nitrogens with one attached hydrogen (secondary N) is 4. The highest BCUT2D eigenvalue weighted by atomic mass is 32.2. The molecule has 0 unspecified atom stereocenters. The molecule has 0 bridgehead atoms. The molecule has 5 rings (SSSR count). The fourth-order valence-corrected chi connectivity index (χ4v) is 7.41. The van der Waals surface area contributed by atoms with Crippen molar-refractivity contribution in [2.24, 2.45) is 0 Å². The summed E-state index contributed by atoms with van der Waals surface area (Å²) in [6.07, 6.45) is 4.57. The van der Waals surface area contributed by atoms with Crippen LogP contribution in [0.15, 0.2) is 40.9 Å². The monoisotopic (exact) mass is 633 g/mol. The van der Waals surface area contributed by atoms with Gasteiger partial charge in [-0.05, 0) is 94.3 Å². The van der Waals surface area contributed by atoms with Crippen LogP contribution in [0, 0.1) is 27.7 Å². The number of thioether (sulfide) groups is 1. The average Bonchev–Trinajstić information content (AvgIpc) is 3.68. The first kappa shape index (κ1) is 32.4. The van der Waals surface area contributed by atoms with Crippen LogP contribution in [0.5, 0.6) is 5.75 Å². The maximum atomic E-state index is 13.2. The van der Waals surface area contributed by atoms with Crippen molar-refractivity contribution in [2.45, 2.75) is 90.2 Å². The Balaban J connectivity index is 1.13. The number of benzene rings is 2. The van der Waals surface area contributed by atoms with Crippen LogP contribution in [0.25, 0.3) is 0 Å². The van der Waals surface area contributed by atoms with Gasteiger partial charge in [0.25, 0.3) is 5.91 Å². The third kappa shape index (κ3) is 8.19. The summed E-state index contributed by atoms with van der Waals surface area (Å²) in [4.78, 5) is 37.3. The van der Waals surface area contributed by atoms with Crippen molar-refractivity contribution >= 4 is 35.3 Å². The number of ether oxygens (including phenoxy) is 1. The van der Waals surface area contributed by atoms with E-state index in [4.69, 9.17) is 9.26 Å². The van der Waals surface area contributed by atoms with E-state index in [1.165, 1.54) is 0 Å². The number of carbonyl (C=O) groups excluding carboxylic acids is 3. The number of amides is 4. The Hall–Kier alpha value is -3.99. The molecule has 11 heteroatoms. The number of aryl methyl sites for hydroxylation is 4. The second-order valence-corrected chi connectivity index (χ2v) is 13.2. The molecule has 0 spiro atoms. The summed E-state index contributed by atoms with van der Waals surface area (Å²) >= 11 is 1.90. The van der Waals surface area contributed by atoms with Crippen molar-refractivity contribution in [3.8, 4) is 5.75 Å². The largest absolute Gasteiger partial charge is 0.488 e. The first-order chi connectivity index (χ1) is 21.7. The van der Waals surface area contributed by atoms with Gasteiger partial charge in [0.05, 0.1) is 23.3 Å². The number of hydrogen-bond donors (Lipinski definition) is 4. The van der Waals surface area contributed by atoms with Crippen LogP contribution < -0.4 is 26.0 Å². The fraction of sp³-hybridized carbons (Fsp3) is 0.471. The quantitative estimate of drug-likeness (QED) is 0.136. The summed E-state index contributed by atoms with van der Waals surface area (Å²) in [6.45, 7) is 8.59. The van der Waals surface area contributed by atoms with Crippen molar-refractivity contribution in [1.82, 2.24) is 21.1 Å². The lowest BCUT2D eigenvalue weighted by molar-refractivity contribution is -0.121. The molecule has 2 aromatic carbocycles. The predicted molar refractivity (Wildman–Crippen MR) is 176 cm³/mol. The van der Waals surface area contributed by atoms with E-state index >= 15 is 0 Å². The van der Waals surface area contributed by atoms with Crippen LogP contribution in [0.4, 0.5) is 10.5 Å². The number of urea groups is 1. The summed E-state index contributed by atoms with van der Waals surface area (Å²) in [6, 6.07) is 11.7. The topological polar surface area (TPSA) is 135 Å². The molecule has 4 amide bonds. The molecule has 0 saturated carbocycles. The molecule has 3 heterocycles. The van der Waals surface area contributed by atoms with E-state index in [0.717, 1.165) is 64.4 Å². The summed E-state index contributed by atoms with van der Waals surface area (Å²) in [7, 11) is 0. The van der Waals surface area contributed by atoms with E-state index in [-0.39, 0.29) is 29.9 Å². The van der Waals surface area contributed by atoms with Crippen LogP contribution in [-0.4, -0.2) is 52.6 Å². The zero-order valence-corrected chi connectivity index (χ0v) is 27.3. The van der Waals surface area contributed by atoms with E-state index < -0.39 is 0 Å². The molecule has 45 heavy (non-hydrogen) atoms. The van der Waals surface area contributed by atoms with E-state index in [9.17, 15) is 14.4 Å². The van der Waals surface area contributed by atoms with Gasteiger partial charge in [0.15, 0.2) is 0 Å². The fourth-order valence-electron chi connectivity index (χ4n) is 5.86. The summed E-state index contributed by atoms with van der Waals surface area (Å²) in [5, 5.41) is 16.5. The van der Waals surface area contributed by atoms with E-state index in [1.54, 1.807) is 6.07 Å². The maximum absolute atomic E-state index is 13.2. The van der Waals surface area contributed by atoms with Crippen LogP contribution >= 0.6 is 11.8 Å². The molecule has 2 fully saturated rings. The van der Waals surface area contributed by atoms with Gasteiger partial charge in [-0.15, -0.1) is 0 Å². The molecule has 2 aliphatic rings. The lowest BCUT2D eigenvalue weighted by Gasteiger charge is -2.16. The third-order valence-electron chi connectivity index (χ3n) is 8.75. The summed E-state index contributed by atoms with van der Waals surface area (Å²) in [5.41, 5.74) is 6.06. The van der Waals surface area contributed by atoms with Crippen molar-refractivity contribution in [3.63, 3.8) is 0 Å². The zero-order chi connectivity index (χ0) is 31.9. The van der Waals surface area contributed by atoms with Gasteiger partial charge in [0.2, 0.25) is 5.91 Å². The number of fused-ring (bicyclic) bond motifs is 1. The SMILES string of the molecule is Cc1cccc(NC(=O)c2ccc(OCc3c(C)noc3C)c(CCCNC(=O)CCCC[C@@H]3SC[C@@H]4NC(=O)N[C@@H]43)c2)c1C. The predicted octanol–water partition coefficient (Wildman–Crippen LogP) is 5.51. The normalized spacial score (nSPS) is 18.7. The Kier molecular flexibility index (Phi) is 10.7. The molecule has 1 aromatic heterocycles. The number of rotatable bonds is 14. The summed E-state index contributed by atoms with van der Waals surface area (Å²) < 4.78 is 11.5. The second-order valence-electron chi connectivity index (χ2n) is 11.9.